The summed E-state index contributed by atoms with van der Waals surface area (Å²) in [5, 5.41) is 12.0. The van der Waals surface area contributed by atoms with Gasteiger partial charge >= 0.3 is 0 Å². The molecular weight excluding hydrogens is 220 g/mol. The number of hydrogen-bond donors (Lipinski definition) is 3. The van der Waals surface area contributed by atoms with Crippen molar-refractivity contribution in [1.82, 2.24) is 5.32 Å². The van der Waals surface area contributed by atoms with Crippen LogP contribution in [-0.4, -0.2) is 29.1 Å². The second kappa shape index (κ2) is 7.84. The van der Waals surface area contributed by atoms with E-state index in [9.17, 15) is 14.7 Å². The van der Waals surface area contributed by atoms with Gasteiger partial charge in [0.15, 0.2) is 0 Å². The van der Waals surface area contributed by atoms with Crippen molar-refractivity contribution >= 4 is 11.8 Å². The monoisotopic (exact) mass is 242 g/mol. The Morgan fingerprint density at radius 2 is 2.06 bits per heavy atom. The number of rotatable bonds is 8. The van der Waals surface area contributed by atoms with Gasteiger partial charge in [-0.15, -0.1) is 6.58 Å². The maximum Gasteiger partial charge on any atom is 0.249 e. The third-order valence-corrected chi connectivity index (χ3v) is 2.32. The van der Waals surface area contributed by atoms with Gasteiger partial charge < -0.3 is 16.2 Å². The van der Waals surface area contributed by atoms with Crippen LogP contribution < -0.4 is 11.1 Å². The van der Waals surface area contributed by atoms with Crippen LogP contribution in [0.4, 0.5) is 0 Å². The van der Waals surface area contributed by atoms with Crippen molar-refractivity contribution in [3.63, 3.8) is 0 Å². The summed E-state index contributed by atoms with van der Waals surface area (Å²) in [6.07, 6.45) is 1.89. The number of carbonyl (C=O) groups excluding carboxylic acids is 2. The highest BCUT2D eigenvalue weighted by atomic mass is 16.3. The lowest BCUT2D eigenvalue weighted by Crippen LogP contribution is -2.48. The number of nitrogens with two attached hydrogens (primary N) is 1. The van der Waals surface area contributed by atoms with E-state index in [1.165, 1.54) is 0 Å². The lowest BCUT2D eigenvalue weighted by molar-refractivity contribution is -0.133. The molecular formula is C12H22N2O3. The standard InChI is InChI=1S/C12H22N2O3/c1-4-5-6-9(11(13)16)14-12(17)10(15)7-8(2)3/h4,8-10,15H,1,5-7H2,2-3H3,(H2,13,16)(H,14,17)/t9-,10-/m0/s1. The average molecular weight is 242 g/mol. The molecule has 0 bridgehead atoms. The van der Waals surface area contributed by atoms with Crippen LogP contribution in [0.1, 0.15) is 33.1 Å². The lowest BCUT2D eigenvalue weighted by atomic mass is 10.0. The molecule has 5 nitrogen and oxygen atoms in total. The first-order valence-electron chi connectivity index (χ1n) is 5.77. The van der Waals surface area contributed by atoms with Crippen molar-refractivity contribution in [2.45, 2.75) is 45.3 Å². The molecule has 98 valence electrons. The fraction of sp³-hybridized carbons (Fsp3) is 0.667. The number of primary amides is 1. The molecule has 4 N–H and O–H groups in total. The zero-order valence-electron chi connectivity index (χ0n) is 10.5. The first-order chi connectivity index (χ1) is 7.88. The molecule has 0 aliphatic carbocycles. The zero-order chi connectivity index (χ0) is 13.4. The molecule has 2 amide bonds. The van der Waals surface area contributed by atoms with Crippen LogP contribution in [0.5, 0.6) is 0 Å². The van der Waals surface area contributed by atoms with Crippen LogP contribution in [0.2, 0.25) is 0 Å². The largest absolute Gasteiger partial charge is 0.383 e. The Bertz CT molecular complexity index is 277. The summed E-state index contributed by atoms with van der Waals surface area (Å²) in [5.74, 6) is -0.945. The van der Waals surface area contributed by atoms with Crippen LogP contribution in [0.3, 0.4) is 0 Å². The minimum Gasteiger partial charge on any atom is -0.383 e. The second-order valence-corrected chi connectivity index (χ2v) is 4.47. The van der Waals surface area contributed by atoms with Gasteiger partial charge in [0.05, 0.1) is 0 Å². The SMILES string of the molecule is C=CCC[C@H](NC(=O)[C@@H](O)CC(C)C)C(N)=O. The molecule has 0 aliphatic heterocycles. The zero-order valence-corrected chi connectivity index (χ0v) is 10.5. The summed E-state index contributed by atoms with van der Waals surface area (Å²) >= 11 is 0. The minimum absolute atomic E-state index is 0.205. The summed E-state index contributed by atoms with van der Waals surface area (Å²) in [6, 6.07) is -0.748. The predicted molar refractivity (Wildman–Crippen MR) is 66.0 cm³/mol. The molecule has 0 aromatic heterocycles. The number of amides is 2. The van der Waals surface area contributed by atoms with Gasteiger partial charge in [-0.3, -0.25) is 9.59 Å². The van der Waals surface area contributed by atoms with Crippen molar-refractivity contribution in [1.29, 1.82) is 0 Å². The fourth-order valence-electron chi connectivity index (χ4n) is 1.39. The molecule has 0 rings (SSSR count). The van der Waals surface area contributed by atoms with E-state index in [-0.39, 0.29) is 5.92 Å². The van der Waals surface area contributed by atoms with Gasteiger partial charge in [-0.25, -0.2) is 0 Å². The number of aliphatic hydroxyl groups is 1. The Morgan fingerprint density at radius 3 is 2.47 bits per heavy atom. The first kappa shape index (κ1) is 15.6. The number of hydrogen-bond acceptors (Lipinski definition) is 3. The van der Waals surface area contributed by atoms with Crippen molar-refractivity contribution in [2.75, 3.05) is 0 Å². The van der Waals surface area contributed by atoms with Crippen LogP contribution in [0.25, 0.3) is 0 Å². The third kappa shape index (κ3) is 6.73. The van der Waals surface area contributed by atoms with Gasteiger partial charge in [0.25, 0.3) is 0 Å². The van der Waals surface area contributed by atoms with Gasteiger partial charge in [-0.05, 0) is 25.2 Å². The van der Waals surface area contributed by atoms with Crippen molar-refractivity contribution in [3.8, 4) is 0 Å². The van der Waals surface area contributed by atoms with Crippen molar-refractivity contribution in [3.05, 3.63) is 12.7 Å². The van der Waals surface area contributed by atoms with Crippen LogP contribution >= 0.6 is 0 Å². The molecule has 0 aromatic rings. The molecule has 0 radical (unpaired) electrons. The van der Waals surface area contributed by atoms with E-state index in [2.05, 4.69) is 11.9 Å². The Labute approximate surface area is 102 Å². The molecule has 0 saturated carbocycles. The molecule has 0 spiro atoms. The molecule has 0 fully saturated rings. The smallest absolute Gasteiger partial charge is 0.249 e. The van der Waals surface area contributed by atoms with E-state index >= 15 is 0 Å². The highest BCUT2D eigenvalue weighted by Gasteiger charge is 2.22. The summed E-state index contributed by atoms with van der Waals surface area (Å²) in [5.41, 5.74) is 5.16. The molecule has 0 unspecified atom stereocenters. The minimum atomic E-state index is -1.10. The molecule has 0 saturated heterocycles. The fourth-order valence-corrected chi connectivity index (χ4v) is 1.39. The predicted octanol–water partition coefficient (Wildman–Crippen LogP) is 0.330. The third-order valence-electron chi connectivity index (χ3n) is 2.32. The van der Waals surface area contributed by atoms with Gasteiger partial charge in [-0.1, -0.05) is 19.9 Å². The molecule has 0 heterocycles. The number of aliphatic hydroxyl groups excluding tert-OH is 1. The Kier molecular flexibility index (Phi) is 7.21. The van der Waals surface area contributed by atoms with Crippen LogP contribution in [0.15, 0.2) is 12.7 Å². The molecule has 0 aliphatic rings. The topological polar surface area (TPSA) is 92.4 Å². The van der Waals surface area contributed by atoms with Crippen molar-refractivity contribution < 1.29 is 14.7 Å². The van der Waals surface area contributed by atoms with Crippen molar-refractivity contribution in [2.24, 2.45) is 11.7 Å². The van der Waals surface area contributed by atoms with E-state index < -0.39 is 24.0 Å². The maximum absolute atomic E-state index is 11.6. The normalized spacial score (nSPS) is 14.1. The highest BCUT2D eigenvalue weighted by molar-refractivity contribution is 5.88. The Hall–Kier alpha value is -1.36. The molecule has 17 heavy (non-hydrogen) atoms. The summed E-state index contributed by atoms with van der Waals surface area (Å²) in [4.78, 5) is 22.6. The van der Waals surface area contributed by atoms with Gasteiger partial charge in [-0.2, -0.15) is 0 Å². The van der Waals surface area contributed by atoms with Crippen LogP contribution in [-0.2, 0) is 9.59 Å². The number of allylic oxidation sites excluding steroid dienone is 1. The van der Waals surface area contributed by atoms with Gasteiger partial charge in [0, 0.05) is 0 Å². The summed E-state index contributed by atoms with van der Waals surface area (Å²) < 4.78 is 0. The van der Waals surface area contributed by atoms with Gasteiger partial charge in [0.2, 0.25) is 11.8 Å². The molecule has 2 atom stereocenters. The van der Waals surface area contributed by atoms with E-state index in [4.69, 9.17) is 5.73 Å². The first-order valence-corrected chi connectivity index (χ1v) is 5.77. The second-order valence-electron chi connectivity index (χ2n) is 4.47. The maximum atomic E-state index is 11.6. The Morgan fingerprint density at radius 1 is 1.47 bits per heavy atom. The summed E-state index contributed by atoms with van der Waals surface area (Å²) in [7, 11) is 0. The molecule has 0 aromatic carbocycles. The highest BCUT2D eigenvalue weighted by Crippen LogP contribution is 2.05. The van der Waals surface area contributed by atoms with E-state index in [1.807, 2.05) is 13.8 Å². The number of carbonyl (C=O) groups is 2. The lowest BCUT2D eigenvalue weighted by Gasteiger charge is -2.18. The summed E-state index contributed by atoms with van der Waals surface area (Å²) in [6.45, 7) is 7.34. The van der Waals surface area contributed by atoms with Gasteiger partial charge in [0.1, 0.15) is 12.1 Å². The van der Waals surface area contributed by atoms with E-state index in [1.54, 1.807) is 6.08 Å². The quantitative estimate of drug-likeness (QED) is 0.535. The van der Waals surface area contributed by atoms with E-state index in [0.717, 1.165) is 0 Å². The number of nitrogens with one attached hydrogen (secondary N) is 1. The Balaban J connectivity index is 4.29. The van der Waals surface area contributed by atoms with Crippen LogP contribution in [0, 0.1) is 5.92 Å². The molecule has 5 heteroatoms. The van der Waals surface area contributed by atoms with E-state index in [0.29, 0.717) is 19.3 Å². The average Bonchev–Trinajstić information content (AvgIpc) is 2.22.